The topological polar surface area (TPSA) is 62.5 Å². The van der Waals surface area contributed by atoms with E-state index in [2.05, 4.69) is 61.1 Å². The third-order valence-electron chi connectivity index (χ3n) is 7.43. The number of unbranched alkanes of at least 4 members (excludes halogenated alkanes) is 1. The molecule has 6 heteroatoms. The molecule has 1 saturated heterocycles. The summed E-state index contributed by atoms with van der Waals surface area (Å²) >= 11 is 1.76. The molecule has 174 valence electrons. The summed E-state index contributed by atoms with van der Waals surface area (Å²) < 4.78 is 0. The molecule has 2 heterocycles. The van der Waals surface area contributed by atoms with E-state index in [1.54, 1.807) is 11.3 Å². The van der Waals surface area contributed by atoms with Crippen LogP contribution in [0.2, 0.25) is 0 Å². The van der Waals surface area contributed by atoms with Gasteiger partial charge < -0.3 is 10.6 Å². The number of fused-ring (bicyclic) bond motifs is 1. The van der Waals surface area contributed by atoms with Crippen molar-refractivity contribution in [1.29, 1.82) is 0 Å². The molecule has 2 aliphatic rings. The second-order valence-electron chi connectivity index (χ2n) is 10.8. The second-order valence-corrected chi connectivity index (χ2v) is 11.6. The molecule has 1 aromatic carbocycles. The smallest absolute Gasteiger partial charge is 0.217 e. The SMILES string of the molecule is CC1(C)CCC(C)(C)c2cc(-c3csc(N4CCN(CCCCC(N)=O)CC4)n3)ccc21. The molecule has 1 fully saturated rings. The van der Waals surface area contributed by atoms with Crippen LogP contribution in [-0.2, 0) is 15.6 Å². The average Bonchev–Trinajstić information content (AvgIpc) is 3.25. The lowest BCUT2D eigenvalue weighted by molar-refractivity contribution is -0.118. The molecular formula is C26H38N4OS. The molecule has 1 aromatic heterocycles. The number of nitrogens with two attached hydrogens (primary N) is 1. The van der Waals surface area contributed by atoms with Crippen molar-refractivity contribution in [3.05, 3.63) is 34.7 Å². The van der Waals surface area contributed by atoms with Gasteiger partial charge in [-0.3, -0.25) is 9.69 Å². The third-order valence-corrected chi connectivity index (χ3v) is 8.33. The molecule has 0 atom stereocenters. The van der Waals surface area contributed by atoms with Gasteiger partial charge in [0.15, 0.2) is 5.13 Å². The average molecular weight is 455 g/mol. The Morgan fingerprint density at radius 1 is 1.03 bits per heavy atom. The van der Waals surface area contributed by atoms with Gasteiger partial charge in [0, 0.05) is 43.5 Å². The van der Waals surface area contributed by atoms with Crippen LogP contribution < -0.4 is 10.6 Å². The van der Waals surface area contributed by atoms with E-state index in [1.165, 1.54) is 29.5 Å². The molecule has 2 aromatic rings. The third kappa shape index (κ3) is 5.01. The van der Waals surface area contributed by atoms with Gasteiger partial charge in [-0.05, 0) is 60.3 Å². The lowest BCUT2D eigenvalue weighted by Crippen LogP contribution is -2.46. The van der Waals surface area contributed by atoms with Gasteiger partial charge in [0.2, 0.25) is 5.91 Å². The van der Waals surface area contributed by atoms with Crippen LogP contribution in [0.4, 0.5) is 5.13 Å². The van der Waals surface area contributed by atoms with E-state index in [9.17, 15) is 4.79 Å². The van der Waals surface area contributed by atoms with Crippen LogP contribution in [-0.4, -0.2) is 48.5 Å². The van der Waals surface area contributed by atoms with Crippen molar-refractivity contribution in [3.63, 3.8) is 0 Å². The maximum absolute atomic E-state index is 10.9. The number of aromatic nitrogens is 1. The highest BCUT2D eigenvalue weighted by Crippen LogP contribution is 2.46. The first-order valence-electron chi connectivity index (χ1n) is 12.0. The molecule has 0 bridgehead atoms. The highest BCUT2D eigenvalue weighted by molar-refractivity contribution is 7.14. The zero-order chi connectivity index (χ0) is 22.9. The van der Waals surface area contributed by atoms with E-state index in [0.29, 0.717) is 6.42 Å². The number of carbonyl (C=O) groups is 1. The van der Waals surface area contributed by atoms with Gasteiger partial charge in [0.1, 0.15) is 0 Å². The van der Waals surface area contributed by atoms with Gasteiger partial charge in [-0.15, -0.1) is 11.3 Å². The minimum absolute atomic E-state index is 0.194. The minimum atomic E-state index is -0.194. The van der Waals surface area contributed by atoms with E-state index in [-0.39, 0.29) is 16.7 Å². The van der Waals surface area contributed by atoms with Crippen LogP contribution in [0.25, 0.3) is 11.3 Å². The number of primary amides is 1. The maximum Gasteiger partial charge on any atom is 0.217 e. The number of carbonyl (C=O) groups excluding carboxylic acids is 1. The summed E-state index contributed by atoms with van der Waals surface area (Å²) in [5.74, 6) is -0.194. The quantitative estimate of drug-likeness (QED) is 0.602. The van der Waals surface area contributed by atoms with Crippen LogP contribution in [0.3, 0.4) is 0 Å². The fourth-order valence-corrected chi connectivity index (χ4v) is 5.98. The molecule has 5 nitrogen and oxygen atoms in total. The summed E-state index contributed by atoms with van der Waals surface area (Å²) in [5, 5.41) is 3.35. The summed E-state index contributed by atoms with van der Waals surface area (Å²) in [4.78, 5) is 20.8. The van der Waals surface area contributed by atoms with Gasteiger partial charge in [0.05, 0.1) is 5.69 Å². The van der Waals surface area contributed by atoms with Gasteiger partial charge in [-0.25, -0.2) is 4.98 Å². The number of amides is 1. The molecule has 32 heavy (non-hydrogen) atoms. The molecule has 2 N–H and O–H groups in total. The fraction of sp³-hybridized carbons (Fsp3) is 0.615. The molecule has 0 radical (unpaired) electrons. The van der Waals surface area contributed by atoms with Crippen LogP contribution >= 0.6 is 11.3 Å². The number of piperazine rings is 1. The van der Waals surface area contributed by atoms with Crippen molar-refractivity contribution in [3.8, 4) is 11.3 Å². The standard InChI is InChI=1S/C26H38N4OS/c1-25(2)10-11-26(3,4)21-17-19(8-9-20(21)25)22-18-32-24(28-22)30-15-13-29(14-16-30)12-6-5-7-23(27)31/h8-9,17-18H,5-7,10-16H2,1-4H3,(H2,27,31). The Kier molecular flexibility index (Phi) is 6.64. The largest absolute Gasteiger partial charge is 0.370 e. The molecular weight excluding hydrogens is 416 g/mol. The second kappa shape index (κ2) is 9.14. The molecule has 1 amide bonds. The van der Waals surface area contributed by atoms with E-state index < -0.39 is 0 Å². The summed E-state index contributed by atoms with van der Waals surface area (Å²) in [6.07, 6.45) is 4.89. The van der Waals surface area contributed by atoms with Crippen molar-refractivity contribution in [1.82, 2.24) is 9.88 Å². The minimum Gasteiger partial charge on any atom is -0.370 e. The van der Waals surface area contributed by atoms with Crippen LogP contribution in [0.1, 0.15) is 70.9 Å². The molecule has 1 aliphatic heterocycles. The number of nitrogens with zero attached hydrogens (tertiary/aromatic N) is 3. The van der Waals surface area contributed by atoms with Crippen LogP contribution in [0, 0.1) is 0 Å². The lowest BCUT2D eigenvalue weighted by atomic mass is 9.63. The highest BCUT2D eigenvalue weighted by Gasteiger charge is 2.37. The highest BCUT2D eigenvalue weighted by atomic mass is 32.1. The summed E-state index contributed by atoms with van der Waals surface area (Å²) in [6, 6.07) is 7.02. The summed E-state index contributed by atoms with van der Waals surface area (Å²) in [5.41, 5.74) is 11.0. The van der Waals surface area contributed by atoms with Crippen LogP contribution in [0.15, 0.2) is 23.6 Å². The zero-order valence-electron chi connectivity index (χ0n) is 20.1. The first-order valence-corrected chi connectivity index (χ1v) is 12.9. The van der Waals surface area contributed by atoms with Crippen molar-refractivity contribution in [2.24, 2.45) is 5.73 Å². The number of thiazole rings is 1. The molecule has 0 unspecified atom stereocenters. The molecule has 1 aliphatic carbocycles. The Bertz CT molecular complexity index is 956. The molecule has 0 saturated carbocycles. The van der Waals surface area contributed by atoms with Gasteiger partial charge in [-0.2, -0.15) is 0 Å². The predicted molar refractivity (Wildman–Crippen MR) is 135 cm³/mol. The van der Waals surface area contributed by atoms with Gasteiger partial charge >= 0.3 is 0 Å². The maximum atomic E-state index is 10.9. The predicted octanol–water partition coefficient (Wildman–Crippen LogP) is 4.94. The summed E-state index contributed by atoms with van der Waals surface area (Å²) in [6.45, 7) is 14.7. The Morgan fingerprint density at radius 3 is 2.41 bits per heavy atom. The Balaban J connectivity index is 1.40. The van der Waals surface area contributed by atoms with Gasteiger partial charge in [-0.1, -0.05) is 39.8 Å². The molecule has 0 spiro atoms. The summed E-state index contributed by atoms with van der Waals surface area (Å²) in [7, 11) is 0. The number of anilines is 1. The number of benzene rings is 1. The Morgan fingerprint density at radius 2 is 1.72 bits per heavy atom. The monoisotopic (exact) mass is 454 g/mol. The van der Waals surface area contributed by atoms with Crippen molar-refractivity contribution in [2.45, 2.75) is 70.6 Å². The van der Waals surface area contributed by atoms with E-state index >= 15 is 0 Å². The van der Waals surface area contributed by atoms with Gasteiger partial charge in [0.25, 0.3) is 0 Å². The molecule has 4 rings (SSSR count). The van der Waals surface area contributed by atoms with E-state index in [4.69, 9.17) is 10.7 Å². The zero-order valence-corrected chi connectivity index (χ0v) is 20.9. The lowest BCUT2D eigenvalue weighted by Gasteiger charge is -2.42. The number of hydrogen-bond donors (Lipinski definition) is 1. The number of hydrogen-bond acceptors (Lipinski definition) is 5. The van der Waals surface area contributed by atoms with Crippen LogP contribution in [0.5, 0.6) is 0 Å². The van der Waals surface area contributed by atoms with E-state index in [1.807, 2.05) is 0 Å². The number of rotatable bonds is 7. The fourth-order valence-electron chi connectivity index (χ4n) is 5.09. The Hall–Kier alpha value is -1.92. The van der Waals surface area contributed by atoms with E-state index in [0.717, 1.165) is 56.4 Å². The normalized spacial score (nSPS) is 20.2. The van der Waals surface area contributed by atoms with Crippen molar-refractivity contribution in [2.75, 3.05) is 37.6 Å². The first kappa shape index (κ1) is 23.2. The van der Waals surface area contributed by atoms with Crippen molar-refractivity contribution < 1.29 is 4.79 Å². The first-order chi connectivity index (χ1) is 15.2. The van der Waals surface area contributed by atoms with Crippen molar-refractivity contribution >= 4 is 22.4 Å². The Labute approximate surface area is 197 Å².